The van der Waals surface area contributed by atoms with Crippen molar-refractivity contribution in [2.24, 2.45) is 0 Å². The Morgan fingerprint density at radius 2 is 1.03 bits per heavy atom. The Labute approximate surface area is 338 Å². The number of thiophene rings is 1. The van der Waals surface area contributed by atoms with Crippen LogP contribution in [-0.4, -0.2) is 0 Å². The number of para-hydroxylation sites is 2. The van der Waals surface area contributed by atoms with Gasteiger partial charge in [-0.05, 0) is 81.9 Å². The van der Waals surface area contributed by atoms with E-state index in [-0.39, 0.29) is 0 Å². The van der Waals surface area contributed by atoms with Crippen molar-refractivity contribution in [1.29, 1.82) is 0 Å². The predicted molar refractivity (Wildman–Crippen MR) is 245 cm³/mol. The Morgan fingerprint density at radius 1 is 0.362 bits per heavy atom. The average Bonchev–Trinajstić information content (AvgIpc) is 3.99. The molecule has 0 saturated carbocycles. The normalized spacial score (nSPS) is 11.8. The van der Waals surface area contributed by atoms with E-state index in [4.69, 9.17) is 8.83 Å². The van der Waals surface area contributed by atoms with Gasteiger partial charge in [0.2, 0.25) is 0 Å². The Morgan fingerprint density at radius 3 is 1.84 bits per heavy atom. The molecule has 0 atom stereocenters. The molecule has 0 aliphatic heterocycles. The number of furan rings is 2. The summed E-state index contributed by atoms with van der Waals surface area (Å²) in [6.07, 6.45) is 0. The summed E-state index contributed by atoms with van der Waals surface area (Å²) in [6.45, 7) is 0. The molecule has 9 aromatic carbocycles. The highest BCUT2D eigenvalue weighted by molar-refractivity contribution is 7.26. The van der Waals surface area contributed by atoms with Crippen molar-refractivity contribution < 1.29 is 8.83 Å². The first-order valence-electron chi connectivity index (χ1n) is 19.6. The third-order valence-corrected chi connectivity index (χ3v) is 12.7. The van der Waals surface area contributed by atoms with Crippen molar-refractivity contribution >= 4 is 92.4 Å². The second-order valence-electron chi connectivity index (χ2n) is 14.8. The van der Waals surface area contributed by atoms with Crippen LogP contribution in [0.2, 0.25) is 0 Å². The Balaban J connectivity index is 1.18. The zero-order valence-electron chi connectivity index (χ0n) is 31.2. The molecule has 0 bridgehead atoms. The van der Waals surface area contributed by atoms with Gasteiger partial charge in [-0.15, -0.1) is 11.3 Å². The van der Waals surface area contributed by atoms with Gasteiger partial charge in [0.15, 0.2) is 5.58 Å². The van der Waals surface area contributed by atoms with Crippen molar-refractivity contribution in [3.05, 3.63) is 200 Å². The maximum atomic E-state index is 6.81. The van der Waals surface area contributed by atoms with E-state index in [0.29, 0.717) is 0 Å². The number of fused-ring (bicyclic) bond motifs is 9. The molecule has 0 aliphatic rings. The molecule has 0 fully saturated rings. The molecular formula is C54H33NO2S. The first kappa shape index (κ1) is 32.8. The highest BCUT2D eigenvalue weighted by Gasteiger charge is 2.25. The van der Waals surface area contributed by atoms with Gasteiger partial charge in [-0.2, -0.15) is 0 Å². The number of nitrogens with zero attached hydrogens (tertiary/aromatic N) is 1. The van der Waals surface area contributed by atoms with Crippen LogP contribution in [0.15, 0.2) is 209 Å². The van der Waals surface area contributed by atoms with Crippen LogP contribution >= 0.6 is 11.3 Å². The Bertz CT molecular complexity index is 3510. The summed E-state index contributed by atoms with van der Waals surface area (Å²) in [5, 5.41) is 6.77. The number of rotatable bonds is 6. The molecule has 0 saturated heterocycles. The first-order valence-corrected chi connectivity index (χ1v) is 20.4. The van der Waals surface area contributed by atoms with Crippen molar-refractivity contribution in [2.75, 3.05) is 4.90 Å². The largest absolute Gasteiger partial charge is 0.456 e. The SMILES string of the molecule is c1ccc(-c2ccc3c(c2)sc2c(-c4ccccc4)ccc(N(c4ccc5oc6cccc(-c7ccccc7)c6c5c4)c4cccc5c4oc4ccccc45)c23)cc1. The van der Waals surface area contributed by atoms with E-state index in [9.17, 15) is 0 Å². The molecule has 3 aromatic heterocycles. The minimum absolute atomic E-state index is 0.844. The van der Waals surface area contributed by atoms with E-state index in [1.54, 1.807) is 0 Å². The molecule has 0 amide bonds. The summed E-state index contributed by atoms with van der Waals surface area (Å²) < 4.78 is 15.9. The molecule has 0 aliphatic carbocycles. The van der Waals surface area contributed by atoms with Crippen molar-refractivity contribution in [2.45, 2.75) is 0 Å². The zero-order chi connectivity index (χ0) is 38.2. The highest BCUT2D eigenvalue weighted by Crippen LogP contribution is 2.51. The molecular weight excluding hydrogens is 727 g/mol. The van der Waals surface area contributed by atoms with Gasteiger partial charge in [-0.25, -0.2) is 0 Å². The van der Waals surface area contributed by atoms with Crippen molar-refractivity contribution in [1.82, 2.24) is 0 Å². The maximum absolute atomic E-state index is 6.81. The fourth-order valence-electron chi connectivity index (χ4n) is 8.83. The molecule has 58 heavy (non-hydrogen) atoms. The molecule has 3 nitrogen and oxygen atoms in total. The first-order chi connectivity index (χ1) is 28.8. The molecule has 3 heterocycles. The number of anilines is 3. The number of hydrogen-bond donors (Lipinski definition) is 0. The van der Waals surface area contributed by atoms with Crippen LogP contribution in [0.4, 0.5) is 17.1 Å². The van der Waals surface area contributed by atoms with E-state index >= 15 is 0 Å². The quantitative estimate of drug-likeness (QED) is 0.169. The summed E-state index contributed by atoms with van der Waals surface area (Å²) in [5.41, 5.74) is 13.6. The van der Waals surface area contributed by atoms with Crippen LogP contribution in [0.1, 0.15) is 0 Å². The molecule has 4 heteroatoms. The Hall–Kier alpha value is -7.40. The molecule has 12 rings (SSSR count). The van der Waals surface area contributed by atoms with Crippen LogP contribution in [0.3, 0.4) is 0 Å². The third kappa shape index (κ3) is 5.12. The van der Waals surface area contributed by atoms with Gasteiger partial charge in [0.05, 0.1) is 11.4 Å². The minimum atomic E-state index is 0.844. The minimum Gasteiger partial charge on any atom is -0.456 e. The molecule has 0 spiro atoms. The standard InChI is InChI=1S/C54H33NO2S/c1-4-14-34(15-5-1)37-26-28-43-50(32-37)58-54-40(36-18-8-3-9-19-36)29-30-45(52(43)54)55(46-23-12-22-42-41-20-10-11-24-47(41)57-53(42)46)38-27-31-48-44(33-38)51-39(21-13-25-49(51)56-48)35-16-6-2-7-17-35/h1-33H. The van der Waals surface area contributed by atoms with E-state index in [1.165, 1.54) is 42.4 Å². The molecule has 12 aromatic rings. The second kappa shape index (κ2) is 13.1. The summed E-state index contributed by atoms with van der Waals surface area (Å²) in [4.78, 5) is 2.41. The predicted octanol–water partition coefficient (Wildman–Crippen LogP) is 16.3. The average molecular weight is 760 g/mol. The van der Waals surface area contributed by atoms with Crippen LogP contribution in [0, 0.1) is 0 Å². The van der Waals surface area contributed by atoms with Crippen LogP contribution in [-0.2, 0) is 0 Å². The fourth-order valence-corrected chi connectivity index (χ4v) is 10.1. The lowest BCUT2D eigenvalue weighted by Gasteiger charge is -2.27. The van der Waals surface area contributed by atoms with Gasteiger partial charge in [0.1, 0.15) is 16.7 Å². The third-order valence-electron chi connectivity index (χ3n) is 11.5. The van der Waals surface area contributed by atoms with Crippen molar-refractivity contribution in [3.63, 3.8) is 0 Å². The van der Waals surface area contributed by atoms with E-state index in [1.807, 2.05) is 17.4 Å². The summed E-state index contributed by atoms with van der Waals surface area (Å²) in [6, 6.07) is 71.3. The van der Waals surface area contributed by atoms with Gasteiger partial charge in [0.25, 0.3) is 0 Å². The van der Waals surface area contributed by atoms with Crippen LogP contribution in [0.25, 0.3) is 97.4 Å². The van der Waals surface area contributed by atoms with Gasteiger partial charge >= 0.3 is 0 Å². The van der Waals surface area contributed by atoms with E-state index < -0.39 is 0 Å². The smallest absolute Gasteiger partial charge is 0.159 e. The fraction of sp³-hybridized carbons (Fsp3) is 0. The lowest BCUT2D eigenvalue weighted by molar-refractivity contribution is 0.669. The lowest BCUT2D eigenvalue weighted by atomic mass is 9.98. The van der Waals surface area contributed by atoms with Gasteiger partial charge < -0.3 is 13.7 Å². The second-order valence-corrected chi connectivity index (χ2v) is 15.8. The number of benzene rings is 9. The molecule has 0 radical (unpaired) electrons. The monoisotopic (exact) mass is 759 g/mol. The van der Waals surface area contributed by atoms with Crippen LogP contribution < -0.4 is 4.90 Å². The number of hydrogen-bond acceptors (Lipinski definition) is 4. The highest BCUT2D eigenvalue weighted by atomic mass is 32.1. The molecule has 0 unspecified atom stereocenters. The zero-order valence-corrected chi connectivity index (χ0v) is 32.0. The van der Waals surface area contributed by atoms with Gasteiger partial charge in [-0.3, -0.25) is 0 Å². The lowest BCUT2D eigenvalue weighted by Crippen LogP contribution is -2.10. The molecule has 0 N–H and O–H groups in total. The van der Waals surface area contributed by atoms with Gasteiger partial charge in [-0.1, -0.05) is 152 Å². The summed E-state index contributed by atoms with van der Waals surface area (Å²) >= 11 is 1.86. The molecule has 272 valence electrons. The van der Waals surface area contributed by atoms with Gasteiger partial charge in [0, 0.05) is 47.4 Å². The summed E-state index contributed by atoms with van der Waals surface area (Å²) in [7, 11) is 0. The van der Waals surface area contributed by atoms with E-state index in [2.05, 4.69) is 199 Å². The maximum Gasteiger partial charge on any atom is 0.159 e. The Kier molecular flexibility index (Phi) is 7.40. The van der Waals surface area contributed by atoms with Crippen LogP contribution in [0.5, 0.6) is 0 Å². The van der Waals surface area contributed by atoms with Crippen molar-refractivity contribution in [3.8, 4) is 33.4 Å². The topological polar surface area (TPSA) is 29.5 Å². The summed E-state index contributed by atoms with van der Waals surface area (Å²) in [5.74, 6) is 0. The van der Waals surface area contributed by atoms with E-state index in [0.717, 1.165) is 72.1 Å².